The molecule has 4 heteroatoms. The van der Waals surface area contributed by atoms with Crippen LogP contribution in [-0.2, 0) is 16.0 Å². The number of amides is 1. The van der Waals surface area contributed by atoms with E-state index in [0.29, 0.717) is 18.7 Å². The highest BCUT2D eigenvalue weighted by Crippen LogP contribution is 2.25. The van der Waals surface area contributed by atoms with E-state index in [1.165, 1.54) is 0 Å². The van der Waals surface area contributed by atoms with E-state index in [1.807, 2.05) is 32.9 Å². The number of hydrogen-bond acceptors (Lipinski definition) is 3. The molecule has 0 N–H and O–H groups in total. The second kappa shape index (κ2) is 4.59. The molecule has 1 saturated heterocycles. The molecule has 0 saturated carbocycles. The molecular formula is C14H19NO3. The van der Waals surface area contributed by atoms with Crippen molar-refractivity contribution in [3.05, 3.63) is 23.7 Å². The molecule has 1 aliphatic heterocycles. The van der Waals surface area contributed by atoms with Gasteiger partial charge in [-0.1, -0.05) is 0 Å². The van der Waals surface area contributed by atoms with Crippen LogP contribution in [0, 0.1) is 6.92 Å². The summed E-state index contributed by atoms with van der Waals surface area (Å²) in [6.45, 7) is 6.14. The number of piperidine rings is 1. The maximum absolute atomic E-state index is 12.3. The van der Waals surface area contributed by atoms with E-state index < -0.39 is 5.54 Å². The van der Waals surface area contributed by atoms with Gasteiger partial charge in [0, 0.05) is 13.0 Å². The van der Waals surface area contributed by atoms with Gasteiger partial charge in [0.25, 0.3) is 0 Å². The predicted molar refractivity (Wildman–Crippen MR) is 67.2 cm³/mol. The van der Waals surface area contributed by atoms with Gasteiger partial charge in [0.2, 0.25) is 5.91 Å². The standard InChI is InChI=1S/C14H19NO3/c1-10-6-7-11(18-10)9-13(17)15-8-4-5-12(16)14(15,2)3/h6-7H,4-5,8-9H2,1-3H3. The lowest BCUT2D eigenvalue weighted by atomic mass is 9.88. The third kappa shape index (κ3) is 2.33. The Morgan fingerprint density at radius 3 is 2.78 bits per heavy atom. The van der Waals surface area contributed by atoms with Crippen LogP contribution in [-0.4, -0.2) is 28.7 Å². The van der Waals surface area contributed by atoms with Crippen molar-refractivity contribution in [1.82, 2.24) is 4.90 Å². The fourth-order valence-electron chi connectivity index (χ4n) is 2.39. The van der Waals surface area contributed by atoms with E-state index in [4.69, 9.17) is 4.42 Å². The fraction of sp³-hybridized carbons (Fsp3) is 0.571. The van der Waals surface area contributed by atoms with Crippen LogP contribution < -0.4 is 0 Å². The quantitative estimate of drug-likeness (QED) is 0.806. The Balaban J connectivity index is 2.10. The van der Waals surface area contributed by atoms with Crippen LogP contribution in [0.2, 0.25) is 0 Å². The van der Waals surface area contributed by atoms with E-state index in [-0.39, 0.29) is 18.1 Å². The van der Waals surface area contributed by atoms with E-state index in [0.717, 1.165) is 12.2 Å². The van der Waals surface area contributed by atoms with Gasteiger partial charge >= 0.3 is 0 Å². The van der Waals surface area contributed by atoms with Crippen molar-refractivity contribution < 1.29 is 14.0 Å². The first-order chi connectivity index (χ1) is 8.41. The molecule has 2 heterocycles. The lowest BCUT2D eigenvalue weighted by Gasteiger charge is -2.41. The summed E-state index contributed by atoms with van der Waals surface area (Å²) in [5, 5.41) is 0. The number of Topliss-reactive ketones (excluding diaryl/α,β-unsaturated/α-hetero) is 1. The molecule has 1 amide bonds. The minimum atomic E-state index is -0.684. The number of carbonyl (C=O) groups is 2. The third-order valence-electron chi connectivity index (χ3n) is 3.57. The molecule has 18 heavy (non-hydrogen) atoms. The summed E-state index contributed by atoms with van der Waals surface area (Å²) in [4.78, 5) is 25.8. The van der Waals surface area contributed by atoms with Gasteiger partial charge in [-0.3, -0.25) is 9.59 Å². The minimum absolute atomic E-state index is 0.0394. The maximum Gasteiger partial charge on any atom is 0.231 e. The highest BCUT2D eigenvalue weighted by molar-refractivity contribution is 5.93. The zero-order valence-electron chi connectivity index (χ0n) is 11.2. The Kier molecular flexibility index (Phi) is 3.28. The van der Waals surface area contributed by atoms with Crippen LogP contribution in [0.1, 0.15) is 38.2 Å². The zero-order valence-corrected chi connectivity index (χ0v) is 11.2. The number of likely N-dealkylation sites (tertiary alicyclic amines) is 1. The van der Waals surface area contributed by atoms with E-state index in [9.17, 15) is 9.59 Å². The fourth-order valence-corrected chi connectivity index (χ4v) is 2.39. The topological polar surface area (TPSA) is 50.5 Å². The number of hydrogen-bond donors (Lipinski definition) is 0. The van der Waals surface area contributed by atoms with Gasteiger partial charge in [-0.2, -0.15) is 0 Å². The van der Waals surface area contributed by atoms with Gasteiger partial charge in [0.05, 0.1) is 12.0 Å². The molecule has 4 nitrogen and oxygen atoms in total. The Bertz CT molecular complexity index is 473. The summed E-state index contributed by atoms with van der Waals surface area (Å²) in [6, 6.07) is 3.65. The van der Waals surface area contributed by atoms with Crippen LogP contribution in [0.3, 0.4) is 0 Å². The Morgan fingerprint density at radius 1 is 1.44 bits per heavy atom. The minimum Gasteiger partial charge on any atom is -0.466 e. The van der Waals surface area contributed by atoms with E-state index in [2.05, 4.69) is 0 Å². The van der Waals surface area contributed by atoms with Gasteiger partial charge in [-0.15, -0.1) is 0 Å². The number of ketones is 1. The first-order valence-electron chi connectivity index (χ1n) is 6.30. The highest BCUT2D eigenvalue weighted by atomic mass is 16.3. The van der Waals surface area contributed by atoms with Gasteiger partial charge in [0.15, 0.2) is 5.78 Å². The molecule has 0 unspecified atom stereocenters. The predicted octanol–water partition coefficient (Wildman–Crippen LogP) is 2.10. The zero-order chi connectivity index (χ0) is 13.3. The van der Waals surface area contributed by atoms with E-state index >= 15 is 0 Å². The number of aryl methyl sites for hydroxylation is 1. The number of carbonyl (C=O) groups excluding carboxylic acids is 2. The number of furan rings is 1. The van der Waals surface area contributed by atoms with Crippen molar-refractivity contribution in [3.8, 4) is 0 Å². The number of rotatable bonds is 2. The molecule has 1 fully saturated rings. The second-order valence-corrected chi connectivity index (χ2v) is 5.32. The van der Waals surface area contributed by atoms with Crippen molar-refractivity contribution in [3.63, 3.8) is 0 Å². The van der Waals surface area contributed by atoms with Crippen molar-refractivity contribution in [1.29, 1.82) is 0 Å². The van der Waals surface area contributed by atoms with Crippen LogP contribution >= 0.6 is 0 Å². The molecular weight excluding hydrogens is 230 g/mol. The molecule has 0 atom stereocenters. The summed E-state index contributed by atoms with van der Waals surface area (Å²) >= 11 is 0. The Labute approximate surface area is 107 Å². The lowest BCUT2D eigenvalue weighted by Crippen LogP contribution is -2.56. The SMILES string of the molecule is Cc1ccc(CC(=O)N2CCCC(=O)C2(C)C)o1. The first kappa shape index (κ1) is 12.9. The van der Waals surface area contributed by atoms with Crippen LogP contribution in [0.4, 0.5) is 0 Å². The van der Waals surface area contributed by atoms with Gasteiger partial charge in [-0.25, -0.2) is 0 Å². The molecule has 0 aromatic carbocycles. The van der Waals surface area contributed by atoms with Crippen molar-refractivity contribution in [2.45, 2.75) is 45.6 Å². The van der Waals surface area contributed by atoms with Crippen LogP contribution in [0.5, 0.6) is 0 Å². The second-order valence-electron chi connectivity index (χ2n) is 5.32. The normalized spacial score (nSPS) is 19.1. The summed E-state index contributed by atoms with van der Waals surface area (Å²) in [7, 11) is 0. The van der Waals surface area contributed by atoms with Crippen LogP contribution in [0.25, 0.3) is 0 Å². The van der Waals surface area contributed by atoms with Gasteiger partial charge in [0.1, 0.15) is 11.5 Å². The van der Waals surface area contributed by atoms with Crippen LogP contribution in [0.15, 0.2) is 16.5 Å². The molecule has 0 spiro atoms. The molecule has 0 radical (unpaired) electrons. The Morgan fingerprint density at radius 2 is 2.17 bits per heavy atom. The molecule has 0 bridgehead atoms. The molecule has 2 rings (SSSR count). The summed E-state index contributed by atoms with van der Waals surface area (Å²) in [6.07, 6.45) is 1.55. The van der Waals surface area contributed by atoms with Gasteiger partial charge < -0.3 is 9.32 Å². The maximum atomic E-state index is 12.3. The Hall–Kier alpha value is -1.58. The van der Waals surface area contributed by atoms with E-state index in [1.54, 1.807) is 4.90 Å². The molecule has 1 aromatic rings. The number of nitrogens with zero attached hydrogens (tertiary/aromatic N) is 1. The smallest absolute Gasteiger partial charge is 0.231 e. The van der Waals surface area contributed by atoms with Crippen molar-refractivity contribution in [2.75, 3.05) is 6.54 Å². The summed E-state index contributed by atoms with van der Waals surface area (Å²) in [5.74, 6) is 1.55. The largest absolute Gasteiger partial charge is 0.466 e. The monoisotopic (exact) mass is 249 g/mol. The average Bonchev–Trinajstić information content (AvgIpc) is 2.67. The third-order valence-corrected chi connectivity index (χ3v) is 3.57. The highest BCUT2D eigenvalue weighted by Gasteiger charge is 2.39. The van der Waals surface area contributed by atoms with Crippen molar-refractivity contribution >= 4 is 11.7 Å². The molecule has 1 aromatic heterocycles. The molecule has 1 aliphatic rings. The first-order valence-corrected chi connectivity index (χ1v) is 6.30. The molecule has 0 aliphatic carbocycles. The van der Waals surface area contributed by atoms with Gasteiger partial charge in [-0.05, 0) is 39.3 Å². The van der Waals surface area contributed by atoms with Crippen molar-refractivity contribution in [2.24, 2.45) is 0 Å². The average molecular weight is 249 g/mol. The summed E-state index contributed by atoms with van der Waals surface area (Å²) < 4.78 is 5.41. The summed E-state index contributed by atoms with van der Waals surface area (Å²) in [5.41, 5.74) is -0.684. The molecule has 98 valence electrons. The lowest BCUT2D eigenvalue weighted by molar-refractivity contribution is -0.147.